The zero-order valence-electron chi connectivity index (χ0n) is 18.8. The van der Waals surface area contributed by atoms with E-state index in [4.69, 9.17) is 18.7 Å². The number of imide groups is 1. The van der Waals surface area contributed by atoms with Gasteiger partial charge in [-0.05, 0) is 36.9 Å². The maximum absolute atomic E-state index is 12.2. The first-order valence-corrected chi connectivity index (χ1v) is 10.7. The highest BCUT2D eigenvalue weighted by molar-refractivity contribution is 6.01. The Morgan fingerprint density at radius 2 is 1.76 bits per heavy atom. The van der Waals surface area contributed by atoms with E-state index in [0.717, 1.165) is 0 Å². The maximum atomic E-state index is 12.2. The van der Waals surface area contributed by atoms with Crippen LogP contribution in [0, 0.1) is 0 Å². The predicted molar refractivity (Wildman–Crippen MR) is 116 cm³/mol. The largest absolute Gasteiger partial charge is 0.509 e. The van der Waals surface area contributed by atoms with Gasteiger partial charge in [0, 0.05) is 24.8 Å². The highest BCUT2D eigenvalue weighted by Gasteiger charge is 2.32. The fraction of sp³-hybridized carbons (Fsp3) is 0.409. The quantitative estimate of drug-likeness (QED) is 0.247. The number of rotatable bonds is 9. The minimum absolute atomic E-state index is 0.00167. The number of benzene rings is 1. The van der Waals surface area contributed by atoms with Crippen molar-refractivity contribution in [3.8, 4) is 0 Å². The van der Waals surface area contributed by atoms with Crippen molar-refractivity contribution < 1.29 is 37.9 Å². The Labute approximate surface area is 194 Å². The molecule has 0 spiro atoms. The molecule has 12 nitrogen and oxygen atoms in total. The molecule has 3 amide bonds. The van der Waals surface area contributed by atoms with Gasteiger partial charge in [-0.25, -0.2) is 14.4 Å². The second kappa shape index (κ2) is 11.3. The molecule has 1 aromatic carbocycles. The van der Waals surface area contributed by atoms with Gasteiger partial charge < -0.3 is 24.0 Å². The fourth-order valence-electron chi connectivity index (χ4n) is 3.10. The lowest BCUT2D eigenvalue weighted by molar-refractivity contribution is -0.171. The van der Waals surface area contributed by atoms with E-state index in [1.165, 1.54) is 6.07 Å². The molecule has 0 radical (unpaired) electrons. The molecule has 2 aromatic rings. The standard InChI is InChI=1S/C22H25N3O9/c1-3-24(4-2)13-32-22(30)31-12-16-10-15-9-14(5-6-17(15)33-20(16)28)11-23-21(29)34-25-18(26)7-8-19(25)27/h5-6,9-10H,3-4,7-8,11-13H2,1-2H3,(H,23,29). The highest BCUT2D eigenvalue weighted by atomic mass is 16.7. The lowest BCUT2D eigenvalue weighted by Crippen LogP contribution is -2.36. The van der Waals surface area contributed by atoms with E-state index >= 15 is 0 Å². The van der Waals surface area contributed by atoms with Crippen LogP contribution in [0.2, 0.25) is 0 Å². The first kappa shape index (κ1) is 24.7. The molecule has 1 fully saturated rings. The fourth-order valence-corrected chi connectivity index (χ4v) is 3.10. The van der Waals surface area contributed by atoms with Crippen LogP contribution in [0.15, 0.2) is 33.5 Å². The van der Waals surface area contributed by atoms with Gasteiger partial charge in [0.15, 0.2) is 0 Å². The third-order valence-electron chi connectivity index (χ3n) is 5.09. The van der Waals surface area contributed by atoms with E-state index in [0.29, 0.717) is 34.7 Å². The number of nitrogens with zero attached hydrogens (tertiary/aromatic N) is 2. The Morgan fingerprint density at radius 3 is 2.44 bits per heavy atom. The summed E-state index contributed by atoms with van der Waals surface area (Å²) in [6.07, 6.45) is -1.86. The lowest BCUT2D eigenvalue weighted by atomic mass is 10.1. The van der Waals surface area contributed by atoms with Gasteiger partial charge in [-0.1, -0.05) is 19.9 Å². The maximum Gasteiger partial charge on any atom is 0.509 e. The van der Waals surface area contributed by atoms with Crippen molar-refractivity contribution in [3.05, 3.63) is 45.8 Å². The van der Waals surface area contributed by atoms with Gasteiger partial charge in [0.1, 0.15) is 18.9 Å². The van der Waals surface area contributed by atoms with Crippen LogP contribution < -0.4 is 10.9 Å². The summed E-state index contributed by atoms with van der Waals surface area (Å²) in [7, 11) is 0. The molecule has 12 heteroatoms. The Balaban J connectivity index is 1.59. The summed E-state index contributed by atoms with van der Waals surface area (Å²) in [6, 6.07) is 6.35. The predicted octanol–water partition coefficient (Wildman–Crippen LogP) is 2.04. The van der Waals surface area contributed by atoms with Crippen molar-refractivity contribution in [1.82, 2.24) is 15.3 Å². The Kier molecular flexibility index (Phi) is 8.19. The van der Waals surface area contributed by atoms with Crippen LogP contribution in [0.1, 0.15) is 37.8 Å². The Morgan fingerprint density at radius 1 is 1.06 bits per heavy atom. The summed E-state index contributed by atoms with van der Waals surface area (Å²) < 4.78 is 15.3. The number of ether oxygens (including phenoxy) is 2. The molecule has 34 heavy (non-hydrogen) atoms. The van der Waals surface area contributed by atoms with E-state index in [-0.39, 0.29) is 38.3 Å². The molecule has 182 valence electrons. The summed E-state index contributed by atoms with van der Waals surface area (Å²) in [5.74, 6) is -1.15. The molecule has 0 unspecified atom stereocenters. The van der Waals surface area contributed by atoms with Crippen LogP contribution in [0.5, 0.6) is 0 Å². The molecule has 1 saturated heterocycles. The number of hydrogen-bond donors (Lipinski definition) is 1. The van der Waals surface area contributed by atoms with Crippen LogP contribution in [-0.4, -0.2) is 53.8 Å². The van der Waals surface area contributed by atoms with Gasteiger partial charge in [0.05, 0.1) is 5.56 Å². The van der Waals surface area contributed by atoms with Gasteiger partial charge in [-0.2, -0.15) is 0 Å². The molecule has 1 N–H and O–H groups in total. The molecule has 0 atom stereocenters. The van der Waals surface area contributed by atoms with E-state index in [9.17, 15) is 24.0 Å². The summed E-state index contributed by atoms with van der Waals surface area (Å²) in [5, 5.41) is 3.42. The van der Waals surface area contributed by atoms with Crippen molar-refractivity contribution in [2.75, 3.05) is 19.8 Å². The zero-order valence-corrected chi connectivity index (χ0v) is 18.8. The molecule has 2 heterocycles. The van der Waals surface area contributed by atoms with Crippen molar-refractivity contribution >= 4 is 35.0 Å². The van der Waals surface area contributed by atoms with Crippen LogP contribution in [0.4, 0.5) is 9.59 Å². The number of hydroxylamine groups is 2. The van der Waals surface area contributed by atoms with Crippen molar-refractivity contribution in [2.45, 2.75) is 39.8 Å². The minimum Gasteiger partial charge on any atom is -0.429 e. The third-order valence-corrected chi connectivity index (χ3v) is 5.09. The average Bonchev–Trinajstić information content (AvgIpc) is 3.14. The van der Waals surface area contributed by atoms with Crippen molar-refractivity contribution in [1.29, 1.82) is 0 Å². The van der Waals surface area contributed by atoms with Crippen LogP contribution in [-0.2, 0) is 37.1 Å². The molecule has 1 aliphatic heterocycles. The Hall–Kier alpha value is -3.93. The molecular formula is C22H25N3O9. The molecule has 1 aromatic heterocycles. The molecule has 3 rings (SSSR count). The molecular weight excluding hydrogens is 450 g/mol. The molecule has 0 aliphatic carbocycles. The number of fused-ring (bicyclic) bond motifs is 1. The first-order chi connectivity index (χ1) is 16.3. The number of carbonyl (C=O) groups is 4. The van der Waals surface area contributed by atoms with Gasteiger partial charge in [-0.3, -0.25) is 14.5 Å². The van der Waals surface area contributed by atoms with Gasteiger partial charge in [0.2, 0.25) is 0 Å². The van der Waals surface area contributed by atoms with Crippen LogP contribution in [0.3, 0.4) is 0 Å². The first-order valence-electron chi connectivity index (χ1n) is 10.7. The molecule has 1 aliphatic rings. The zero-order chi connectivity index (χ0) is 24.7. The van der Waals surface area contributed by atoms with E-state index in [1.54, 1.807) is 18.2 Å². The number of amides is 3. The van der Waals surface area contributed by atoms with Gasteiger partial charge in [-0.15, -0.1) is 5.06 Å². The lowest BCUT2D eigenvalue weighted by Gasteiger charge is -2.17. The number of carbonyl (C=O) groups excluding carboxylic acids is 4. The van der Waals surface area contributed by atoms with Crippen molar-refractivity contribution in [3.63, 3.8) is 0 Å². The molecule has 0 saturated carbocycles. The Bertz CT molecular complexity index is 1120. The molecule has 0 bridgehead atoms. The van der Waals surface area contributed by atoms with E-state index in [1.807, 2.05) is 18.7 Å². The summed E-state index contributed by atoms with van der Waals surface area (Å²) >= 11 is 0. The third kappa shape index (κ3) is 6.32. The monoisotopic (exact) mass is 475 g/mol. The van der Waals surface area contributed by atoms with Crippen LogP contribution in [0.25, 0.3) is 11.0 Å². The van der Waals surface area contributed by atoms with Crippen molar-refractivity contribution in [2.24, 2.45) is 0 Å². The smallest absolute Gasteiger partial charge is 0.429 e. The van der Waals surface area contributed by atoms with Gasteiger partial charge in [0.25, 0.3) is 11.8 Å². The highest BCUT2D eigenvalue weighted by Crippen LogP contribution is 2.17. The summed E-state index contributed by atoms with van der Waals surface area (Å²) in [5.41, 5.74) is 0.390. The number of nitrogens with one attached hydrogen (secondary N) is 1. The SMILES string of the molecule is CCN(CC)COC(=O)OCc1cc2cc(CNC(=O)ON3C(=O)CCC3=O)ccc2oc1=O. The summed E-state index contributed by atoms with van der Waals surface area (Å²) in [4.78, 5) is 65.5. The normalized spacial score (nSPS) is 13.4. The van der Waals surface area contributed by atoms with E-state index in [2.05, 4.69) is 5.32 Å². The van der Waals surface area contributed by atoms with Crippen LogP contribution >= 0.6 is 0 Å². The topological polar surface area (TPSA) is 145 Å². The minimum atomic E-state index is -0.958. The van der Waals surface area contributed by atoms with E-state index < -0.39 is 29.7 Å². The number of hydrogen-bond acceptors (Lipinski definition) is 10. The summed E-state index contributed by atoms with van der Waals surface area (Å²) in [6.45, 7) is 5.05. The average molecular weight is 475 g/mol. The second-order valence-corrected chi connectivity index (χ2v) is 7.36. The second-order valence-electron chi connectivity index (χ2n) is 7.36. The van der Waals surface area contributed by atoms with Gasteiger partial charge >= 0.3 is 17.9 Å².